The Kier molecular flexibility index (Phi) is 4.89. The average Bonchev–Trinajstić information content (AvgIpc) is 2.43. The Morgan fingerprint density at radius 1 is 1.24 bits per heavy atom. The van der Waals surface area contributed by atoms with E-state index in [4.69, 9.17) is 4.65 Å². The van der Waals surface area contributed by atoms with Gasteiger partial charge in [-0.2, -0.15) is 0 Å². The molecule has 1 aliphatic rings. The molecule has 0 radical (unpaired) electrons. The second-order valence-corrected chi connectivity index (χ2v) is 6.50. The van der Waals surface area contributed by atoms with Crippen LogP contribution in [0, 0.1) is 5.41 Å². The summed E-state index contributed by atoms with van der Waals surface area (Å²) in [5.74, 6) is 0. The molecular formula is C15H29BO. The van der Waals surface area contributed by atoms with Gasteiger partial charge in [0.25, 0.3) is 0 Å². The van der Waals surface area contributed by atoms with Gasteiger partial charge < -0.3 is 4.65 Å². The van der Waals surface area contributed by atoms with E-state index in [0.717, 1.165) is 12.7 Å². The highest BCUT2D eigenvalue weighted by atomic mass is 16.5. The lowest BCUT2D eigenvalue weighted by atomic mass is 9.52. The first kappa shape index (κ1) is 14.8. The zero-order chi connectivity index (χ0) is 13.1. The molecule has 0 aliphatic carbocycles. The van der Waals surface area contributed by atoms with E-state index >= 15 is 0 Å². The predicted octanol–water partition coefficient (Wildman–Crippen LogP) is 4.88. The van der Waals surface area contributed by atoms with Gasteiger partial charge in [-0.3, -0.25) is 0 Å². The molecule has 17 heavy (non-hydrogen) atoms. The van der Waals surface area contributed by atoms with E-state index < -0.39 is 0 Å². The number of hydrogen-bond acceptors (Lipinski definition) is 1. The SMILES string of the molecule is CC/C=C(\CCCC)B1CC(C)(C)C(C)(C)O1. The first-order valence-corrected chi connectivity index (χ1v) is 7.20. The van der Waals surface area contributed by atoms with Crippen molar-refractivity contribution in [1.82, 2.24) is 0 Å². The van der Waals surface area contributed by atoms with Crippen LogP contribution >= 0.6 is 0 Å². The fraction of sp³-hybridized carbons (Fsp3) is 0.867. The maximum absolute atomic E-state index is 6.31. The lowest BCUT2D eigenvalue weighted by Crippen LogP contribution is -2.34. The van der Waals surface area contributed by atoms with Crippen LogP contribution in [0.3, 0.4) is 0 Å². The maximum Gasteiger partial charge on any atom is 0.323 e. The molecule has 1 fully saturated rings. The Bertz CT molecular complexity index is 263. The third-order valence-electron chi connectivity index (χ3n) is 4.46. The van der Waals surface area contributed by atoms with Gasteiger partial charge in [0, 0.05) is 0 Å². The van der Waals surface area contributed by atoms with Crippen molar-refractivity contribution >= 4 is 6.92 Å². The lowest BCUT2D eigenvalue weighted by molar-refractivity contribution is 0.0369. The third kappa shape index (κ3) is 3.37. The normalized spacial score (nSPS) is 23.2. The Hall–Kier alpha value is -0.235. The van der Waals surface area contributed by atoms with Crippen LogP contribution in [0.5, 0.6) is 0 Å². The van der Waals surface area contributed by atoms with E-state index in [2.05, 4.69) is 47.6 Å². The molecule has 0 spiro atoms. The molecular weight excluding hydrogens is 207 g/mol. The number of rotatable bonds is 5. The quantitative estimate of drug-likeness (QED) is 0.618. The van der Waals surface area contributed by atoms with Crippen LogP contribution in [-0.4, -0.2) is 12.5 Å². The van der Waals surface area contributed by atoms with Crippen molar-refractivity contribution in [3.63, 3.8) is 0 Å². The molecule has 0 aromatic rings. The van der Waals surface area contributed by atoms with Gasteiger partial charge in [-0.1, -0.05) is 52.1 Å². The highest BCUT2D eigenvalue weighted by Gasteiger charge is 2.50. The lowest BCUT2D eigenvalue weighted by Gasteiger charge is -2.34. The second-order valence-electron chi connectivity index (χ2n) is 6.50. The van der Waals surface area contributed by atoms with Crippen molar-refractivity contribution < 1.29 is 4.65 Å². The highest BCUT2D eigenvalue weighted by Crippen LogP contribution is 2.47. The van der Waals surface area contributed by atoms with Crippen LogP contribution in [0.1, 0.15) is 67.2 Å². The monoisotopic (exact) mass is 236 g/mol. The van der Waals surface area contributed by atoms with Crippen LogP contribution in [0.15, 0.2) is 11.5 Å². The summed E-state index contributed by atoms with van der Waals surface area (Å²) < 4.78 is 6.31. The molecule has 0 amide bonds. The molecule has 1 nitrogen and oxygen atoms in total. The van der Waals surface area contributed by atoms with Crippen LogP contribution in [0.25, 0.3) is 0 Å². The summed E-state index contributed by atoms with van der Waals surface area (Å²) in [7, 11) is 0. The Labute approximate surface area is 108 Å². The van der Waals surface area contributed by atoms with Crippen LogP contribution in [-0.2, 0) is 4.65 Å². The molecule has 2 heteroatoms. The van der Waals surface area contributed by atoms with Crippen molar-refractivity contribution in [3.8, 4) is 0 Å². The number of allylic oxidation sites excluding steroid dienone is 2. The van der Waals surface area contributed by atoms with Gasteiger partial charge >= 0.3 is 6.92 Å². The minimum Gasteiger partial charge on any atom is -0.426 e. The molecule has 0 N–H and O–H groups in total. The number of unbranched alkanes of at least 4 members (excludes halogenated alkanes) is 1. The molecule has 0 saturated carbocycles. The van der Waals surface area contributed by atoms with E-state index in [1.54, 1.807) is 0 Å². The summed E-state index contributed by atoms with van der Waals surface area (Å²) >= 11 is 0. The smallest absolute Gasteiger partial charge is 0.323 e. The molecule has 0 aromatic carbocycles. The largest absolute Gasteiger partial charge is 0.426 e. The molecule has 1 saturated heterocycles. The summed E-state index contributed by atoms with van der Waals surface area (Å²) in [6, 6.07) is 0. The first-order chi connectivity index (χ1) is 7.84. The van der Waals surface area contributed by atoms with Gasteiger partial charge in [-0.05, 0) is 38.4 Å². The van der Waals surface area contributed by atoms with Crippen molar-refractivity contribution in [2.75, 3.05) is 0 Å². The fourth-order valence-corrected chi connectivity index (χ4v) is 2.51. The summed E-state index contributed by atoms with van der Waals surface area (Å²) in [5, 5.41) is 0. The predicted molar refractivity (Wildman–Crippen MR) is 77.4 cm³/mol. The summed E-state index contributed by atoms with van der Waals surface area (Å²) in [6.45, 7) is 14.0. The summed E-state index contributed by atoms with van der Waals surface area (Å²) in [6.07, 6.45) is 8.43. The van der Waals surface area contributed by atoms with Crippen molar-refractivity contribution in [1.29, 1.82) is 0 Å². The van der Waals surface area contributed by atoms with Crippen LogP contribution in [0.4, 0.5) is 0 Å². The van der Waals surface area contributed by atoms with Gasteiger partial charge in [0.15, 0.2) is 0 Å². The molecule has 98 valence electrons. The molecule has 0 atom stereocenters. The van der Waals surface area contributed by atoms with Gasteiger partial charge in [-0.15, -0.1) is 0 Å². The molecule has 1 aliphatic heterocycles. The van der Waals surface area contributed by atoms with Crippen LogP contribution < -0.4 is 0 Å². The molecule has 0 unspecified atom stereocenters. The minimum atomic E-state index is -0.00326. The van der Waals surface area contributed by atoms with E-state index in [9.17, 15) is 0 Å². The van der Waals surface area contributed by atoms with Gasteiger partial charge in [0.2, 0.25) is 0 Å². The molecule has 0 aromatic heterocycles. The van der Waals surface area contributed by atoms with Crippen LogP contribution in [0.2, 0.25) is 6.32 Å². The third-order valence-corrected chi connectivity index (χ3v) is 4.46. The van der Waals surface area contributed by atoms with Crippen molar-refractivity contribution in [2.45, 2.75) is 79.1 Å². The minimum absolute atomic E-state index is 0.00326. The standard InChI is InChI=1S/C15H29BO/c1-7-9-11-13(10-8-2)16-12-14(3,4)15(5,6)17-16/h10H,7-9,11-12H2,1-6H3/b13-10+. The Balaban J connectivity index is 2.76. The van der Waals surface area contributed by atoms with Gasteiger partial charge in [0.05, 0.1) is 5.60 Å². The molecule has 1 rings (SSSR count). The maximum atomic E-state index is 6.31. The van der Waals surface area contributed by atoms with E-state index in [0.29, 0.717) is 6.92 Å². The van der Waals surface area contributed by atoms with E-state index in [1.807, 2.05) is 0 Å². The van der Waals surface area contributed by atoms with Crippen molar-refractivity contribution in [2.24, 2.45) is 5.41 Å². The Morgan fingerprint density at radius 3 is 2.29 bits per heavy atom. The summed E-state index contributed by atoms with van der Waals surface area (Å²) in [4.78, 5) is 0. The van der Waals surface area contributed by atoms with E-state index in [-0.39, 0.29) is 11.0 Å². The second kappa shape index (κ2) is 5.60. The zero-order valence-electron chi connectivity index (χ0n) is 12.6. The number of hydrogen-bond donors (Lipinski definition) is 0. The first-order valence-electron chi connectivity index (χ1n) is 7.20. The van der Waals surface area contributed by atoms with Crippen molar-refractivity contribution in [3.05, 3.63) is 11.5 Å². The molecule has 1 heterocycles. The summed E-state index contributed by atoms with van der Waals surface area (Å²) in [5.41, 5.74) is 1.81. The fourth-order valence-electron chi connectivity index (χ4n) is 2.51. The topological polar surface area (TPSA) is 9.23 Å². The van der Waals surface area contributed by atoms with Gasteiger partial charge in [-0.25, -0.2) is 0 Å². The highest BCUT2D eigenvalue weighted by molar-refractivity contribution is 6.61. The Morgan fingerprint density at radius 2 is 1.88 bits per heavy atom. The van der Waals surface area contributed by atoms with Gasteiger partial charge in [0.1, 0.15) is 0 Å². The van der Waals surface area contributed by atoms with E-state index in [1.165, 1.54) is 24.7 Å². The molecule has 0 bridgehead atoms. The zero-order valence-corrected chi connectivity index (χ0v) is 12.6. The average molecular weight is 236 g/mol.